The molecular formula is C20H22N4O2S. The van der Waals surface area contributed by atoms with Gasteiger partial charge < -0.3 is 20.4 Å². The summed E-state index contributed by atoms with van der Waals surface area (Å²) in [6, 6.07) is 13.2. The van der Waals surface area contributed by atoms with Gasteiger partial charge in [-0.1, -0.05) is 12.1 Å². The van der Waals surface area contributed by atoms with Crippen LogP contribution in [0.4, 0.5) is 17.1 Å². The van der Waals surface area contributed by atoms with Crippen LogP contribution in [0.25, 0.3) is 0 Å². The largest absolute Gasteiger partial charge is 0.461 e. The second kappa shape index (κ2) is 9.14. The highest BCUT2D eigenvalue weighted by atomic mass is 32.2. The quantitative estimate of drug-likeness (QED) is 0.351. The van der Waals surface area contributed by atoms with Crippen molar-refractivity contribution in [2.24, 2.45) is 0 Å². The minimum Gasteiger partial charge on any atom is -0.461 e. The Morgan fingerprint density at radius 2 is 2.19 bits per heavy atom. The van der Waals surface area contributed by atoms with E-state index in [2.05, 4.69) is 22.4 Å². The molecule has 1 aromatic heterocycles. The highest BCUT2D eigenvalue weighted by Crippen LogP contribution is 2.25. The fourth-order valence-electron chi connectivity index (χ4n) is 2.60. The number of benzene rings is 2. The standard InChI is InChI=1S/C20H22N4O2S/c1-27-10-9-26-20(25)16-5-6-19(18(21)12-16)23-17-4-2-3-15(11-17)13-24-8-7-22-14-24/h2-8,11-12,14,23H,9-10,13,21H2,1H3. The van der Waals surface area contributed by atoms with Crippen molar-refractivity contribution in [2.45, 2.75) is 6.54 Å². The average molecular weight is 382 g/mol. The molecule has 1 heterocycles. The minimum absolute atomic E-state index is 0.357. The van der Waals surface area contributed by atoms with Crippen LogP contribution in [0, 0.1) is 0 Å². The summed E-state index contributed by atoms with van der Waals surface area (Å²) in [6.07, 6.45) is 7.44. The number of carbonyl (C=O) groups is 1. The maximum Gasteiger partial charge on any atom is 0.338 e. The smallest absolute Gasteiger partial charge is 0.338 e. The second-order valence-electron chi connectivity index (χ2n) is 5.99. The van der Waals surface area contributed by atoms with Gasteiger partial charge in [0.25, 0.3) is 0 Å². The molecule has 27 heavy (non-hydrogen) atoms. The molecule has 3 aromatic rings. The number of ether oxygens (including phenoxy) is 1. The molecule has 0 radical (unpaired) electrons. The summed E-state index contributed by atoms with van der Waals surface area (Å²) in [4.78, 5) is 16.1. The summed E-state index contributed by atoms with van der Waals surface area (Å²) in [6.45, 7) is 1.13. The molecule has 140 valence electrons. The van der Waals surface area contributed by atoms with E-state index in [1.165, 1.54) is 0 Å². The molecule has 3 N–H and O–H groups in total. The number of rotatable bonds is 8. The molecule has 0 aliphatic rings. The van der Waals surface area contributed by atoms with Crippen LogP contribution >= 0.6 is 11.8 Å². The lowest BCUT2D eigenvalue weighted by atomic mass is 10.1. The van der Waals surface area contributed by atoms with Crippen molar-refractivity contribution in [2.75, 3.05) is 29.7 Å². The predicted molar refractivity (Wildman–Crippen MR) is 111 cm³/mol. The molecule has 6 nitrogen and oxygen atoms in total. The summed E-state index contributed by atoms with van der Waals surface area (Å²) in [7, 11) is 0. The Morgan fingerprint density at radius 3 is 2.93 bits per heavy atom. The number of nitrogens with one attached hydrogen (secondary N) is 1. The summed E-state index contributed by atoms with van der Waals surface area (Å²) >= 11 is 1.63. The molecule has 0 aliphatic carbocycles. The fraction of sp³-hybridized carbons (Fsp3) is 0.200. The molecule has 0 atom stereocenters. The summed E-state index contributed by atoms with van der Waals surface area (Å²) in [5.74, 6) is 0.417. The molecule has 0 amide bonds. The van der Waals surface area contributed by atoms with Crippen LogP contribution in [0.15, 0.2) is 61.2 Å². The monoisotopic (exact) mass is 382 g/mol. The molecule has 0 saturated heterocycles. The van der Waals surface area contributed by atoms with Crippen molar-refractivity contribution in [3.63, 3.8) is 0 Å². The van der Waals surface area contributed by atoms with Crippen molar-refractivity contribution in [3.8, 4) is 0 Å². The molecule has 2 aromatic carbocycles. The number of nitrogens with two attached hydrogens (primary N) is 1. The zero-order valence-corrected chi connectivity index (χ0v) is 15.9. The maximum atomic E-state index is 12.0. The van der Waals surface area contributed by atoms with Gasteiger partial charge in [-0.2, -0.15) is 11.8 Å². The second-order valence-corrected chi connectivity index (χ2v) is 6.98. The van der Waals surface area contributed by atoms with E-state index < -0.39 is 0 Å². The topological polar surface area (TPSA) is 82.2 Å². The Bertz CT molecular complexity index is 897. The number of aromatic nitrogens is 2. The van der Waals surface area contributed by atoms with E-state index in [0.29, 0.717) is 17.9 Å². The highest BCUT2D eigenvalue weighted by Gasteiger charge is 2.10. The van der Waals surface area contributed by atoms with E-state index in [4.69, 9.17) is 10.5 Å². The van der Waals surface area contributed by atoms with Gasteiger partial charge >= 0.3 is 5.97 Å². The molecule has 0 aliphatic heterocycles. The number of nitrogen functional groups attached to an aromatic ring is 1. The lowest BCUT2D eigenvalue weighted by Crippen LogP contribution is -2.09. The third-order valence-corrected chi connectivity index (χ3v) is 4.51. The maximum absolute atomic E-state index is 12.0. The Kier molecular flexibility index (Phi) is 6.38. The Balaban J connectivity index is 1.68. The van der Waals surface area contributed by atoms with Crippen molar-refractivity contribution < 1.29 is 9.53 Å². The highest BCUT2D eigenvalue weighted by molar-refractivity contribution is 7.98. The van der Waals surface area contributed by atoms with Crippen LogP contribution < -0.4 is 11.1 Å². The van der Waals surface area contributed by atoms with E-state index >= 15 is 0 Å². The number of hydrogen-bond acceptors (Lipinski definition) is 6. The third-order valence-electron chi connectivity index (χ3n) is 3.94. The van der Waals surface area contributed by atoms with Gasteiger partial charge in [-0.05, 0) is 42.2 Å². The van der Waals surface area contributed by atoms with Gasteiger partial charge in [0.05, 0.1) is 23.3 Å². The predicted octanol–water partition coefficient (Wildman–Crippen LogP) is 3.78. The van der Waals surface area contributed by atoms with Crippen LogP contribution in [-0.2, 0) is 11.3 Å². The SMILES string of the molecule is CSCCOC(=O)c1ccc(Nc2cccc(Cn3ccnc3)c2)c(N)c1. The Hall–Kier alpha value is -2.93. The lowest BCUT2D eigenvalue weighted by Gasteiger charge is -2.12. The van der Waals surface area contributed by atoms with E-state index in [9.17, 15) is 4.79 Å². The molecule has 7 heteroatoms. The van der Waals surface area contributed by atoms with Gasteiger partial charge in [-0.25, -0.2) is 9.78 Å². The first-order valence-corrected chi connectivity index (χ1v) is 9.92. The number of imidazole rings is 1. The summed E-state index contributed by atoms with van der Waals surface area (Å²) in [5.41, 5.74) is 9.88. The average Bonchev–Trinajstić information content (AvgIpc) is 3.17. The third kappa shape index (κ3) is 5.27. The van der Waals surface area contributed by atoms with Gasteiger partial charge in [-0.3, -0.25) is 0 Å². The minimum atomic E-state index is -0.357. The number of hydrogen-bond donors (Lipinski definition) is 2. The summed E-state index contributed by atoms with van der Waals surface area (Å²) in [5, 5.41) is 3.31. The van der Waals surface area contributed by atoms with E-state index in [0.717, 1.165) is 29.2 Å². The molecule has 0 saturated carbocycles. The number of anilines is 3. The molecule has 0 spiro atoms. The van der Waals surface area contributed by atoms with Crippen molar-refractivity contribution in [1.82, 2.24) is 9.55 Å². The normalized spacial score (nSPS) is 10.6. The van der Waals surface area contributed by atoms with Gasteiger partial charge in [0.15, 0.2) is 0 Å². The molecular weight excluding hydrogens is 360 g/mol. The van der Waals surface area contributed by atoms with Crippen LogP contribution in [-0.4, -0.2) is 34.1 Å². The number of thioether (sulfide) groups is 1. The van der Waals surface area contributed by atoms with Crippen molar-refractivity contribution in [1.29, 1.82) is 0 Å². The molecule has 0 bridgehead atoms. The first-order chi connectivity index (χ1) is 13.2. The van der Waals surface area contributed by atoms with Crippen LogP contribution in [0.1, 0.15) is 15.9 Å². The van der Waals surface area contributed by atoms with Gasteiger partial charge in [0.1, 0.15) is 6.61 Å². The Morgan fingerprint density at radius 1 is 1.30 bits per heavy atom. The van der Waals surface area contributed by atoms with E-state index in [1.807, 2.05) is 29.2 Å². The van der Waals surface area contributed by atoms with Gasteiger partial charge in [0, 0.05) is 30.4 Å². The first kappa shape index (κ1) is 18.8. The molecule has 0 fully saturated rings. The molecule has 3 rings (SSSR count). The summed E-state index contributed by atoms with van der Waals surface area (Å²) < 4.78 is 7.21. The fourth-order valence-corrected chi connectivity index (χ4v) is 2.85. The zero-order chi connectivity index (χ0) is 19.1. The van der Waals surface area contributed by atoms with E-state index in [1.54, 1.807) is 42.5 Å². The Labute approximate surface area is 162 Å². The molecule has 0 unspecified atom stereocenters. The zero-order valence-electron chi connectivity index (χ0n) is 15.1. The van der Waals surface area contributed by atoms with Gasteiger partial charge in [0.2, 0.25) is 0 Å². The van der Waals surface area contributed by atoms with Crippen LogP contribution in [0.2, 0.25) is 0 Å². The van der Waals surface area contributed by atoms with E-state index in [-0.39, 0.29) is 5.97 Å². The van der Waals surface area contributed by atoms with Gasteiger partial charge in [-0.15, -0.1) is 0 Å². The van der Waals surface area contributed by atoms with Crippen LogP contribution in [0.5, 0.6) is 0 Å². The van der Waals surface area contributed by atoms with Crippen molar-refractivity contribution in [3.05, 3.63) is 72.3 Å². The first-order valence-electron chi connectivity index (χ1n) is 8.53. The van der Waals surface area contributed by atoms with Crippen LogP contribution in [0.3, 0.4) is 0 Å². The number of esters is 1. The lowest BCUT2D eigenvalue weighted by molar-refractivity contribution is 0.0530. The van der Waals surface area contributed by atoms with Crippen molar-refractivity contribution >= 4 is 34.8 Å². The number of nitrogens with zero attached hydrogens (tertiary/aromatic N) is 2. The number of carbonyl (C=O) groups excluding carboxylic acids is 1.